The molecule has 1 aromatic rings. The van der Waals surface area contributed by atoms with E-state index in [0.29, 0.717) is 0 Å². The number of nitrogens with two attached hydrogens (primary N) is 1. The van der Waals surface area contributed by atoms with Crippen molar-refractivity contribution in [3.8, 4) is 0 Å². The summed E-state index contributed by atoms with van der Waals surface area (Å²) in [7, 11) is 2.22. The van der Waals surface area contributed by atoms with Crippen LogP contribution in [0.2, 0.25) is 0 Å². The average Bonchev–Trinajstić information content (AvgIpc) is 2.82. The van der Waals surface area contributed by atoms with Gasteiger partial charge in [0.15, 0.2) is 0 Å². The smallest absolute Gasteiger partial charge is 0.0795 e. The lowest BCUT2D eigenvalue weighted by Gasteiger charge is -2.42. The van der Waals surface area contributed by atoms with E-state index >= 15 is 0 Å². The minimum absolute atomic E-state index is 0.198. The minimum Gasteiger partial charge on any atom is -0.329 e. The molecule has 0 unspecified atom stereocenters. The highest BCUT2D eigenvalue weighted by Gasteiger charge is 2.33. The van der Waals surface area contributed by atoms with E-state index in [9.17, 15) is 0 Å². The maximum atomic E-state index is 6.13. The molecule has 4 heteroatoms. The predicted octanol–water partition coefficient (Wildman–Crippen LogP) is 3.02. The lowest BCUT2D eigenvalue weighted by Crippen LogP contribution is -2.52. The number of thiazole rings is 1. The Kier molecular flexibility index (Phi) is 5.15. The first kappa shape index (κ1) is 14.0. The fourth-order valence-electron chi connectivity index (χ4n) is 3.03. The highest BCUT2D eigenvalue weighted by molar-refractivity contribution is 7.07. The van der Waals surface area contributed by atoms with Gasteiger partial charge in [-0.1, -0.05) is 32.1 Å². The summed E-state index contributed by atoms with van der Waals surface area (Å²) in [4.78, 5) is 6.85. The van der Waals surface area contributed by atoms with Gasteiger partial charge >= 0.3 is 0 Å². The molecule has 3 nitrogen and oxygen atoms in total. The Bertz CT molecular complexity index is 329. The summed E-state index contributed by atoms with van der Waals surface area (Å²) in [5.41, 5.74) is 9.42. The zero-order valence-electron chi connectivity index (χ0n) is 11.4. The number of rotatable bonds is 4. The summed E-state index contributed by atoms with van der Waals surface area (Å²) in [5, 5.41) is 2.14. The second kappa shape index (κ2) is 6.64. The Morgan fingerprint density at radius 1 is 1.28 bits per heavy atom. The van der Waals surface area contributed by atoms with Crippen LogP contribution in [-0.4, -0.2) is 29.0 Å². The van der Waals surface area contributed by atoms with Gasteiger partial charge in [0.2, 0.25) is 0 Å². The van der Waals surface area contributed by atoms with Gasteiger partial charge in [0, 0.05) is 24.0 Å². The van der Waals surface area contributed by atoms with Crippen molar-refractivity contribution >= 4 is 11.3 Å². The lowest BCUT2D eigenvalue weighted by atomic mass is 9.82. The van der Waals surface area contributed by atoms with Crippen molar-refractivity contribution in [1.82, 2.24) is 9.88 Å². The zero-order valence-corrected chi connectivity index (χ0v) is 12.2. The third-order valence-corrected chi connectivity index (χ3v) is 4.99. The minimum atomic E-state index is 0.198. The van der Waals surface area contributed by atoms with Gasteiger partial charge in [0.05, 0.1) is 11.2 Å². The summed E-state index contributed by atoms with van der Waals surface area (Å²) in [5.74, 6) is 0. The Balaban J connectivity index is 2.03. The first-order valence-electron chi connectivity index (χ1n) is 7.05. The van der Waals surface area contributed by atoms with Gasteiger partial charge in [-0.05, 0) is 19.9 Å². The normalized spacial score (nSPS) is 20.6. The van der Waals surface area contributed by atoms with Crippen molar-refractivity contribution < 1.29 is 0 Å². The lowest BCUT2D eigenvalue weighted by molar-refractivity contribution is 0.0855. The second-order valence-electron chi connectivity index (χ2n) is 5.53. The summed E-state index contributed by atoms with van der Waals surface area (Å²) in [6.07, 6.45) is 9.25. The van der Waals surface area contributed by atoms with Crippen molar-refractivity contribution in [2.24, 2.45) is 5.73 Å². The van der Waals surface area contributed by atoms with E-state index in [-0.39, 0.29) is 5.54 Å². The first-order valence-corrected chi connectivity index (χ1v) is 7.99. The zero-order chi connectivity index (χ0) is 12.8. The number of hydrogen-bond acceptors (Lipinski definition) is 4. The van der Waals surface area contributed by atoms with Crippen LogP contribution < -0.4 is 5.73 Å². The van der Waals surface area contributed by atoms with Crippen molar-refractivity contribution in [1.29, 1.82) is 0 Å². The maximum Gasteiger partial charge on any atom is 0.0795 e. The topological polar surface area (TPSA) is 42.2 Å². The molecule has 0 aromatic carbocycles. The molecule has 1 saturated carbocycles. The van der Waals surface area contributed by atoms with Gasteiger partial charge in [-0.2, -0.15) is 0 Å². The highest BCUT2D eigenvalue weighted by atomic mass is 32.1. The largest absolute Gasteiger partial charge is 0.329 e. The van der Waals surface area contributed by atoms with E-state index in [1.165, 1.54) is 50.6 Å². The summed E-state index contributed by atoms with van der Waals surface area (Å²) >= 11 is 1.67. The molecule has 0 amide bonds. The van der Waals surface area contributed by atoms with Crippen molar-refractivity contribution in [3.05, 3.63) is 16.6 Å². The molecule has 1 fully saturated rings. The molecule has 0 saturated heterocycles. The first-order chi connectivity index (χ1) is 8.77. The van der Waals surface area contributed by atoms with E-state index < -0.39 is 0 Å². The van der Waals surface area contributed by atoms with Crippen LogP contribution in [0.5, 0.6) is 0 Å². The van der Waals surface area contributed by atoms with Gasteiger partial charge in [0.25, 0.3) is 0 Å². The molecule has 1 aromatic heterocycles. The van der Waals surface area contributed by atoms with Crippen LogP contribution in [-0.2, 0) is 6.54 Å². The Hall–Kier alpha value is -0.450. The quantitative estimate of drug-likeness (QED) is 0.912. The Morgan fingerprint density at radius 3 is 2.50 bits per heavy atom. The van der Waals surface area contributed by atoms with Crippen LogP contribution in [0.3, 0.4) is 0 Å². The van der Waals surface area contributed by atoms with Gasteiger partial charge in [-0.3, -0.25) is 4.90 Å². The van der Waals surface area contributed by atoms with E-state index in [1.807, 2.05) is 5.51 Å². The van der Waals surface area contributed by atoms with E-state index in [1.54, 1.807) is 11.3 Å². The standard InChI is InChI=1S/C14H25N3S/c1-17(9-13-10-18-12-16-13)14(11-15)7-5-3-2-4-6-8-14/h10,12H,2-9,11,15H2,1H3. The highest BCUT2D eigenvalue weighted by Crippen LogP contribution is 2.31. The van der Waals surface area contributed by atoms with Crippen molar-refractivity contribution in [2.75, 3.05) is 13.6 Å². The third-order valence-electron chi connectivity index (χ3n) is 4.36. The van der Waals surface area contributed by atoms with Crippen LogP contribution in [0.25, 0.3) is 0 Å². The second-order valence-corrected chi connectivity index (χ2v) is 6.25. The SMILES string of the molecule is CN(Cc1cscn1)C1(CN)CCCCCCC1. The number of hydrogen-bond donors (Lipinski definition) is 1. The molecule has 1 aliphatic carbocycles. The fraction of sp³-hybridized carbons (Fsp3) is 0.786. The molecule has 0 spiro atoms. The molecule has 1 aliphatic rings. The third kappa shape index (κ3) is 3.31. The average molecular weight is 267 g/mol. The van der Waals surface area contributed by atoms with E-state index in [0.717, 1.165) is 13.1 Å². The molecule has 0 aliphatic heterocycles. The molecule has 18 heavy (non-hydrogen) atoms. The number of likely N-dealkylation sites (N-methyl/N-ethyl adjacent to an activating group) is 1. The molecule has 102 valence electrons. The molecule has 0 bridgehead atoms. The molecular formula is C14H25N3S. The molecule has 1 heterocycles. The summed E-state index contributed by atoms with van der Waals surface area (Å²) in [6, 6.07) is 0. The maximum absolute atomic E-state index is 6.13. The molecule has 0 radical (unpaired) electrons. The van der Waals surface area contributed by atoms with Crippen LogP contribution >= 0.6 is 11.3 Å². The summed E-state index contributed by atoms with van der Waals surface area (Å²) in [6.45, 7) is 1.70. The molecule has 2 N–H and O–H groups in total. The number of nitrogens with zero attached hydrogens (tertiary/aromatic N) is 2. The van der Waals surface area contributed by atoms with Crippen LogP contribution in [0.15, 0.2) is 10.9 Å². The van der Waals surface area contributed by atoms with Gasteiger partial charge < -0.3 is 5.73 Å². The van der Waals surface area contributed by atoms with Crippen LogP contribution in [0.1, 0.15) is 50.6 Å². The van der Waals surface area contributed by atoms with Gasteiger partial charge in [-0.15, -0.1) is 11.3 Å². The van der Waals surface area contributed by atoms with E-state index in [4.69, 9.17) is 5.73 Å². The van der Waals surface area contributed by atoms with Gasteiger partial charge in [-0.25, -0.2) is 4.98 Å². The molecule has 2 rings (SSSR count). The monoisotopic (exact) mass is 267 g/mol. The predicted molar refractivity (Wildman–Crippen MR) is 77.7 cm³/mol. The summed E-state index contributed by atoms with van der Waals surface area (Å²) < 4.78 is 0. The van der Waals surface area contributed by atoms with E-state index in [2.05, 4.69) is 22.3 Å². The van der Waals surface area contributed by atoms with Crippen molar-refractivity contribution in [2.45, 2.75) is 57.0 Å². The fourth-order valence-corrected chi connectivity index (χ4v) is 3.58. The van der Waals surface area contributed by atoms with Crippen molar-refractivity contribution in [3.63, 3.8) is 0 Å². The van der Waals surface area contributed by atoms with Crippen LogP contribution in [0, 0.1) is 0 Å². The Morgan fingerprint density at radius 2 is 1.94 bits per heavy atom. The number of aromatic nitrogens is 1. The van der Waals surface area contributed by atoms with Crippen LogP contribution in [0.4, 0.5) is 0 Å². The molecule has 0 atom stereocenters. The molecular weight excluding hydrogens is 242 g/mol. The Labute approximate surface area is 114 Å². The van der Waals surface area contributed by atoms with Gasteiger partial charge in [0.1, 0.15) is 0 Å².